The van der Waals surface area contributed by atoms with Crippen LogP contribution in [0.15, 0.2) is 42.7 Å². The second kappa shape index (κ2) is 7.51. The van der Waals surface area contributed by atoms with Crippen LogP contribution < -0.4 is 10.6 Å². The highest BCUT2D eigenvalue weighted by Gasteiger charge is 2.12. The Morgan fingerprint density at radius 1 is 1.27 bits per heavy atom. The Morgan fingerprint density at radius 3 is 2.68 bits per heavy atom. The predicted octanol–water partition coefficient (Wildman–Crippen LogP) is 2.66. The van der Waals surface area contributed by atoms with Crippen molar-refractivity contribution < 1.29 is 9.53 Å². The highest BCUT2D eigenvalue weighted by atomic mass is 32.1. The molecule has 0 bridgehead atoms. The van der Waals surface area contributed by atoms with Crippen LogP contribution in [0.4, 0.5) is 5.69 Å². The van der Waals surface area contributed by atoms with Crippen molar-refractivity contribution in [2.75, 3.05) is 12.4 Å². The molecule has 0 radical (unpaired) electrons. The first-order valence-corrected chi connectivity index (χ1v) is 7.14. The van der Waals surface area contributed by atoms with Crippen LogP contribution in [0.1, 0.15) is 21.5 Å². The van der Waals surface area contributed by atoms with Crippen LogP contribution in [0.3, 0.4) is 0 Å². The van der Waals surface area contributed by atoms with E-state index in [1.807, 2.05) is 25.1 Å². The first-order chi connectivity index (χ1) is 10.6. The number of anilines is 1. The Kier molecular flexibility index (Phi) is 5.43. The largest absolute Gasteiger partial charge is 0.465 e. The van der Waals surface area contributed by atoms with Crippen LogP contribution in [0.25, 0.3) is 0 Å². The molecule has 1 aromatic carbocycles. The Hall–Kier alpha value is -2.47. The molecule has 0 aliphatic rings. The van der Waals surface area contributed by atoms with Gasteiger partial charge in [-0.1, -0.05) is 6.07 Å². The zero-order chi connectivity index (χ0) is 15.9. The molecule has 0 aliphatic heterocycles. The molecule has 0 spiro atoms. The highest BCUT2D eigenvalue weighted by molar-refractivity contribution is 7.80. The molecule has 0 fully saturated rings. The predicted molar refractivity (Wildman–Crippen MR) is 89.8 cm³/mol. The van der Waals surface area contributed by atoms with Gasteiger partial charge < -0.3 is 15.4 Å². The number of pyridine rings is 1. The van der Waals surface area contributed by atoms with Gasteiger partial charge in [0.05, 0.1) is 12.7 Å². The average Bonchev–Trinajstić information content (AvgIpc) is 2.55. The van der Waals surface area contributed by atoms with Crippen LogP contribution in [0, 0.1) is 6.92 Å². The summed E-state index contributed by atoms with van der Waals surface area (Å²) in [5.41, 5.74) is 3.17. The third kappa shape index (κ3) is 4.02. The normalized spacial score (nSPS) is 9.91. The minimum Gasteiger partial charge on any atom is -0.465 e. The number of carbonyl (C=O) groups excluding carboxylic acids is 1. The molecular formula is C16H17N3O2S. The molecule has 5 nitrogen and oxygen atoms in total. The van der Waals surface area contributed by atoms with E-state index in [1.54, 1.807) is 24.5 Å². The number of aromatic nitrogens is 1. The van der Waals surface area contributed by atoms with Gasteiger partial charge in [-0.25, -0.2) is 4.79 Å². The lowest BCUT2D eigenvalue weighted by Crippen LogP contribution is -2.28. The fourth-order valence-corrected chi connectivity index (χ4v) is 2.13. The molecule has 6 heteroatoms. The maximum Gasteiger partial charge on any atom is 0.338 e. The molecule has 2 rings (SSSR count). The van der Waals surface area contributed by atoms with Crippen molar-refractivity contribution in [2.45, 2.75) is 13.5 Å². The number of thiocarbonyl (C=S) groups is 1. The van der Waals surface area contributed by atoms with E-state index < -0.39 is 0 Å². The van der Waals surface area contributed by atoms with Crippen molar-refractivity contribution in [3.05, 3.63) is 59.4 Å². The fraction of sp³-hybridized carbons (Fsp3) is 0.188. The van der Waals surface area contributed by atoms with E-state index in [-0.39, 0.29) is 5.97 Å². The number of hydrogen-bond donors (Lipinski definition) is 2. The lowest BCUT2D eigenvalue weighted by Gasteiger charge is -2.14. The number of carbonyl (C=O) groups is 1. The molecule has 0 aliphatic carbocycles. The number of benzene rings is 1. The Morgan fingerprint density at radius 2 is 2.00 bits per heavy atom. The Labute approximate surface area is 134 Å². The first-order valence-electron chi connectivity index (χ1n) is 6.73. The van der Waals surface area contributed by atoms with Gasteiger partial charge in [-0.05, 0) is 54.5 Å². The van der Waals surface area contributed by atoms with E-state index in [1.165, 1.54) is 7.11 Å². The van der Waals surface area contributed by atoms with E-state index in [9.17, 15) is 4.79 Å². The molecule has 1 heterocycles. The van der Waals surface area contributed by atoms with Gasteiger partial charge >= 0.3 is 5.97 Å². The first kappa shape index (κ1) is 15.9. The summed E-state index contributed by atoms with van der Waals surface area (Å²) in [5, 5.41) is 6.70. The second-order valence-electron chi connectivity index (χ2n) is 4.63. The topological polar surface area (TPSA) is 63.2 Å². The van der Waals surface area contributed by atoms with E-state index in [2.05, 4.69) is 15.6 Å². The minimum absolute atomic E-state index is 0.364. The van der Waals surface area contributed by atoms with Crippen LogP contribution in [-0.4, -0.2) is 23.2 Å². The van der Waals surface area contributed by atoms with E-state index in [0.29, 0.717) is 17.2 Å². The third-order valence-corrected chi connectivity index (χ3v) is 3.44. The van der Waals surface area contributed by atoms with Gasteiger partial charge in [-0.3, -0.25) is 4.98 Å². The van der Waals surface area contributed by atoms with Crippen LogP contribution in [-0.2, 0) is 11.3 Å². The maximum absolute atomic E-state index is 11.7. The summed E-state index contributed by atoms with van der Waals surface area (Å²) in [5.74, 6) is -0.364. The summed E-state index contributed by atoms with van der Waals surface area (Å²) < 4.78 is 4.76. The summed E-state index contributed by atoms with van der Waals surface area (Å²) in [6, 6.07) is 9.20. The van der Waals surface area contributed by atoms with Crippen LogP contribution in [0.5, 0.6) is 0 Å². The number of rotatable bonds is 4. The molecule has 0 saturated heterocycles. The maximum atomic E-state index is 11.7. The summed E-state index contributed by atoms with van der Waals surface area (Å²) in [7, 11) is 1.36. The molecule has 114 valence electrons. The standard InChI is InChI=1S/C16H17N3O2S/c1-11-13(15(20)21-2)4-3-5-14(11)19-16(22)18-10-12-6-8-17-9-7-12/h3-9H,10H2,1-2H3,(H2,18,19,22). The molecule has 2 N–H and O–H groups in total. The molecule has 1 aromatic heterocycles. The summed E-state index contributed by atoms with van der Waals surface area (Å²) >= 11 is 5.28. The van der Waals surface area contributed by atoms with Gasteiger partial charge in [-0.15, -0.1) is 0 Å². The molecule has 0 saturated carbocycles. The summed E-state index contributed by atoms with van der Waals surface area (Å²) in [6.45, 7) is 2.45. The SMILES string of the molecule is COC(=O)c1cccc(NC(=S)NCc2ccncc2)c1C. The van der Waals surface area contributed by atoms with Crippen molar-refractivity contribution >= 4 is 29.0 Å². The van der Waals surface area contributed by atoms with Crippen LogP contribution in [0.2, 0.25) is 0 Å². The van der Waals surface area contributed by atoms with Crippen LogP contribution >= 0.6 is 12.2 Å². The lowest BCUT2D eigenvalue weighted by atomic mass is 10.1. The van der Waals surface area contributed by atoms with Crippen molar-refractivity contribution in [2.24, 2.45) is 0 Å². The van der Waals surface area contributed by atoms with Gasteiger partial charge in [0.15, 0.2) is 5.11 Å². The minimum atomic E-state index is -0.364. The Bertz CT molecular complexity index is 674. The van der Waals surface area contributed by atoms with Gasteiger partial charge in [0.2, 0.25) is 0 Å². The molecule has 0 amide bonds. The molecule has 22 heavy (non-hydrogen) atoms. The van der Waals surface area contributed by atoms with Gasteiger partial charge in [0.1, 0.15) is 0 Å². The number of methoxy groups -OCH3 is 1. The zero-order valence-electron chi connectivity index (χ0n) is 12.4. The number of esters is 1. The van der Waals surface area contributed by atoms with Gasteiger partial charge in [0, 0.05) is 24.6 Å². The second-order valence-corrected chi connectivity index (χ2v) is 5.04. The monoisotopic (exact) mass is 315 g/mol. The summed E-state index contributed by atoms with van der Waals surface area (Å²) in [6.07, 6.45) is 3.47. The number of nitrogens with zero attached hydrogens (tertiary/aromatic N) is 1. The highest BCUT2D eigenvalue weighted by Crippen LogP contribution is 2.19. The number of nitrogens with one attached hydrogen (secondary N) is 2. The molecular weight excluding hydrogens is 298 g/mol. The zero-order valence-corrected chi connectivity index (χ0v) is 13.2. The number of hydrogen-bond acceptors (Lipinski definition) is 4. The number of ether oxygens (including phenoxy) is 1. The average molecular weight is 315 g/mol. The third-order valence-electron chi connectivity index (χ3n) is 3.19. The van der Waals surface area contributed by atoms with Gasteiger partial charge in [0.25, 0.3) is 0 Å². The van der Waals surface area contributed by atoms with E-state index in [4.69, 9.17) is 17.0 Å². The summed E-state index contributed by atoms with van der Waals surface area (Å²) in [4.78, 5) is 15.6. The van der Waals surface area contributed by atoms with Crippen molar-refractivity contribution in [1.82, 2.24) is 10.3 Å². The van der Waals surface area contributed by atoms with Gasteiger partial charge in [-0.2, -0.15) is 0 Å². The van der Waals surface area contributed by atoms with E-state index >= 15 is 0 Å². The van der Waals surface area contributed by atoms with Crippen molar-refractivity contribution in [3.63, 3.8) is 0 Å². The van der Waals surface area contributed by atoms with Crippen molar-refractivity contribution in [1.29, 1.82) is 0 Å². The quantitative estimate of drug-likeness (QED) is 0.668. The smallest absolute Gasteiger partial charge is 0.338 e. The lowest BCUT2D eigenvalue weighted by molar-refractivity contribution is 0.0600. The molecule has 0 atom stereocenters. The Balaban J connectivity index is 2.01. The molecule has 2 aromatic rings. The molecule has 0 unspecified atom stereocenters. The van der Waals surface area contributed by atoms with E-state index in [0.717, 1.165) is 16.8 Å². The van der Waals surface area contributed by atoms with Crippen molar-refractivity contribution in [3.8, 4) is 0 Å². The fourth-order valence-electron chi connectivity index (χ4n) is 1.95.